The summed E-state index contributed by atoms with van der Waals surface area (Å²) >= 11 is 4.98. The molecular weight excluding hydrogens is 324 g/mol. The van der Waals surface area contributed by atoms with E-state index in [2.05, 4.69) is 25.9 Å². The van der Waals surface area contributed by atoms with Crippen LogP contribution in [0.5, 0.6) is 0 Å². The van der Waals surface area contributed by atoms with Crippen LogP contribution in [0, 0.1) is 0 Å². The maximum Gasteiger partial charge on any atom is 0.162 e. The highest BCUT2D eigenvalue weighted by Crippen LogP contribution is 2.17. The van der Waals surface area contributed by atoms with Gasteiger partial charge in [0.05, 0.1) is 6.20 Å². The van der Waals surface area contributed by atoms with Crippen LogP contribution in [-0.4, -0.2) is 21.5 Å². The summed E-state index contributed by atoms with van der Waals surface area (Å²) in [5.41, 5.74) is 0.771. The van der Waals surface area contributed by atoms with Crippen molar-refractivity contribution < 1.29 is 4.79 Å². The number of thioether (sulfide) groups is 1. The van der Waals surface area contributed by atoms with Crippen molar-refractivity contribution in [3.8, 4) is 0 Å². The zero-order valence-corrected chi connectivity index (χ0v) is 12.7. The van der Waals surface area contributed by atoms with Crippen LogP contribution in [0.4, 0.5) is 0 Å². The molecule has 0 unspecified atom stereocenters. The van der Waals surface area contributed by atoms with Gasteiger partial charge in [0.25, 0.3) is 0 Å². The molecule has 1 heterocycles. The summed E-state index contributed by atoms with van der Waals surface area (Å²) in [5.74, 6) is 1.06. The van der Waals surface area contributed by atoms with Crippen molar-refractivity contribution in [1.29, 1.82) is 0 Å². The van der Waals surface area contributed by atoms with Crippen molar-refractivity contribution in [2.45, 2.75) is 17.9 Å². The first-order chi connectivity index (χ1) is 9.25. The van der Waals surface area contributed by atoms with Crippen LogP contribution in [0.1, 0.15) is 23.2 Å². The average molecular weight is 337 g/mol. The van der Waals surface area contributed by atoms with Crippen molar-refractivity contribution in [1.82, 2.24) is 9.97 Å². The lowest BCUT2D eigenvalue weighted by Gasteiger charge is -2.01. The van der Waals surface area contributed by atoms with Gasteiger partial charge in [-0.2, -0.15) is 0 Å². The molecule has 0 saturated carbocycles. The molecule has 1 aromatic heterocycles. The van der Waals surface area contributed by atoms with Gasteiger partial charge in [-0.25, -0.2) is 4.98 Å². The van der Waals surface area contributed by atoms with Crippen molar-refractivity contribution in [3.63, 3.8) is 0 Å². The summed E-state index contributed by atoms with van der Waals surface area (Å²) in [6.45, 7) is 0. The quantitative estimate of drug-likeness (QED) is 0.454. The number of Topliss-reactive ketones (excluding diaryl/α,β-unsaturated/α-hetero) is 1. The summed E-state index contributed by atoms with van der Waals surface area (Å²) < 4.78 is 0.988. The zero-order chi connectivity index (χ0) is 13.5. The molecule has 0 spiro atoms. The first-order valence-electron chi connectivity index (χ1n) is 5.93. The van der Waals surface area contributed by atoms with E-state index < -0.39 is 0 Å². The lowest BCUT2D eigenvalue weighted by atomic mass is 10.1. The Bertz CT molecular complexity index is 531. The number of carbonyl (C=O) groups is 1. The van der Waals surface area contributed by atoms with E-state index >= 15 is 0 Å². The van der Waals surface area contributed by atoms with Crippen molar-refractivity contribution >= 4 is 33.5 Å². The highest BCUT2D eigenvalue weighted by molar-refractivity contribution is 9.10. The fourth-order valence-electron chi connectivity index (χ4n) is 1.55. The lowest BCUT2D eigenvalue weighted by Crippen LogP contribution is -1.99. The van der Waals surface area contributed by atoms with Gasteiger partial charge in [-0.05, 0) is 24.3 Å². The number of benzene rings is 1. The molecule has 2 rings (SSSR count). The molecule has 3 nitrogen and oxygen atoms in total. The predicted molar refractivity (Wildman–Crippen MR) is 80.5 cm³/mol. The van der Waals surface area contributed by atoms with Crippen molar-refractivity contribution in [2.75, 3.05) is 5.75 Å². The molecule has 0 bridgehead atoms. The lowest BCUT2D eigenvalue weighted by molar-refractivity contribution is 0.0982. The summed E-state index contributed by atoms with van der Waals surface area (Å²) in [6.07, 6.45) is 6.47. The normalized spacial score (nSPS) is 10.4. The topological polar surface area (TPSA) is 42.9 Å². The van der Waals surface area contributed by atoms with Gasteiger partial charge in [0, 0.05) is 28.9 Å². The minimum Gasteiger partial charge on any atom is -0.294 e. The number of hydrogen-bond donors (Lipinski definition) is 0. The van der Waals surface area contributed by atoms with E-state index in [-0.39, 0.29) is 5.78 Å². The zero-order valence-electron chi connectivity index (χ0n) is 10.3. The number of halogens is 1. The molecule has 1 aromatic carbocycles. The molecule has 0 aliphatic rings. The highest BCUT2D eigenvalue weighted by atomic mass is 79.9. The van der Waals surface area contributed by atoms with Crippen LogP contribution in [-0.2, 0) is 0 Å². The molecule has 98 valence electrons. The summed E-state index contributed by atoms with van der Waals surface area (Å²) in [5, 5.41) is 0.901. The number of rotatable bonds is 6. The fraction of sp³-hybridized carbons (Fsp3) is 0.214. The first-order valence-corrected chi connectivity index (χ1v) is 7.71. The third kappa shape index (κ3) is 4.76. The van der Waals surface area contributed by atoms with E-state index in [1.165, 1.54) is 0 Å². The molecule has 2 aromatic rings. The Hall–Kier alpha value is -1.20. The number of aromatic nitrogens is 2. The van der Waals surface area contributed by atoms with E-state index in [1.807, 2.05) is 24.3 Å². The van der Waals surface area contributed by atoms with Gasteiger partial charge in [0.2, 0.25) is 0 Å². The van der Waals surface area contributed by atoms with Crippen LogP contribution in [0.2, 0.25) is 0 Å². The first kappa shape index (κ1) is 14.2. The Kier molecular flexibility index (Phi) is 5.54. The van der Waals surface area contributed by atoms with Gasteiger partial charge in [-0.1, -0.05) is 28.1 Å². The van der Waals surface area contributed by atoms with E-state index in [0.717, 1.165) is 27.2 Å². The van der Waals surface area contributed by atoms with Crippen LogP contribution in [0.15, 0.2) is 52.4 Å². The number of hydrogen-bond acceptors (Lipinski definition) is 4. The Labute approximate surface area is 125 Å². The standard InChI is InChI=1S/C14H13BrN2OS/c15-12-5-3-11(4-6-12)13(18)2-1-9-19-14-10-16-7-8-17-14/h3-8,10H,1-2,9H2. The Morgan fingerprint density at radius 2 is 2.00 bits per heavy atom. The van der Waals surface area contributed by atoms with Crippen molar-refractivity contribution in [3.05, 3.63) is 52.9 Å². The second kappa shape index (κ2) is 7.40. The van der Waals surface area contributed by atoms with E-state index in [1.54, 1.807) is 30.4 Å². The molecule has 0 fully saturated rings. The molecule has 0 radical (unpaired) electrons. The smallest absolute Gasteiger partial charge is 0.162 e. The average Bonchev–Trinajstić information content (AvgIpc) is 2.45. The van der Waals surface area contributed by atoms with Gasteiger partial charge < -0.3 is 0 Å². The number of ketones is 1. The summed E-state index contributed by atoms with van der Waals surface area (Å²) in [6, 6.07) is 7.48. The van der Waals surface area contributed by atoms with Gasteiger partial charge >= 0.3 is 0 Å². The number of nitrogens with zero attached hydrogens (tertiary/aromatic N) is 2. The summed E-state index contributed by atoms with van der Waals surface area (Å²) in [4.78, 5) is 20.1. The molecule has 0 N–H and O–H groups in total. The van der Waals surface area contributed by atoms with Gasteiger partial charge in [0.15, 0.2) is 5.78 Å². The fourth-order valence-corrected chi connectivity index (χ4v) is 2.58. The van der Waals surface area contributed by atoms with Crippen LogP contribution < -0.4 is 0 Å². The second-order valence-corrected chi connectivity index (χ2v) is 5.96. The number of carbonyl (C=O) groups excluding carboxylic acids is 1. The monoisotopic (exact) mass is 336 g/mol. The molecule has 0 atom stereocenters. The van der Waals surface area contributed by atoms with Crippen molar-refractivity contribution in [2.24, 2.45) is 0 Å². The van der Waals surface area contributed by atoms with E-state index in [0.29, 0.717) is 6.42 Å². The van der Waals surface area contributed by atoms with Crippen LogP contribution in [0.3, 0.4) is 0 Å². The molecule has 0 amide bonds. The molecular formula is C14H13BrN2OS. The van der Waals surface area contributed by atoms with Gasteiger partial charge in [-0.15, -0.1) is 11.8 Å². The van der Waals surface area contributed by atoms with Gasteiger partial charge in [-0.3, -0.25) is 9.78 Å². The van der Waals surface area contributed by atoms with E-state index in [9.17, 15) is 4.79 Å². The van der Waals surface area contributed by atoms with Gasteiger partial charge in [0.1, 0.15) is 5.03 Å². The van der Waals surface area contributed by atoms with E-state index in [4.69, 9.17) is 0 Å². The largest absolute Gasteiger partial charge is 0.294 e. The highest BCUT2D eigenvalue weighted by Gasteiger charge is 2.05. The summed E-state index contributed by atoms with van der Waals surface area (Å²) in [7, 11) is 0. The SMILES string of the molecule is O=C(CCCSc1cnccn1)c1ccc(Br)cc1. The maximum absolute atomic E-state index is 11.9. The molecule has 0 aliphatic carbocycles. The van der Waals surface area contributed by atoms with Crippen LogP contribution in [0.25, 0.3) is 0 Å². The maximum atomic E-state index is 11.9. The Morgan fingerprint density at radius 1 is 1.21 bits per heavy atom. The third-order valence-corrected chi connectivity index (χ3v) is 4.03. The molecule has 19 heavy (non-hydrogen) atoms. The Morgan fingerprint density at radius 3 is 2.68 bits per heavy atom. The minimum absolute atomic E-state index is 0.187. The third-order valence-electron chi connectivity index (χ3n) is 2.50. The minimum atomic E-state index is 0.187. The molecule has 0 aliphatic heterocycles. The predicted octanol–water partition coefficient (Wildman–Crippen LogP) is 3.99. The molecule has 0 saturated heterocycles. The molecule has 5 heteroatoms. The van der Waals surface area contributed by atoms with Crippen LogP contribution >= 0.6 is 27.7 Å². The Balaban J connectivity index is 1.74. The second-order valence-electron chi connectivity index (χ2n) is 3.93.